The van der Waals surface area contributed by atoms with Gasteiger partial charge in [0.1, 0.15) is 17.4 Å². The number of nitrogens with zero attached hydrogens (tertiary/aromatic N) is 2. The molecule has 1 aromatic carbocycles. The third-order valence-electron chi connectivity index (χ3n) is 6.63. The number of rotatable bonds is 7. The summed E-state index contributed by atoms with van der Waals surface area (Å²) in [5.41, 5.74) is 0.545. The third-order valence-corrected chi connectivity index (χ3v) is 6.63. The molecule has 9 heteroatoms. The molecule has 2 saturated heterocycles. The first-order valence-electron chi connectivity index (χ1n) is 11.8. The third kappa shape index (κ3) is 5.30. The van der Waals surface area contributed by atoms with Crippen LogP contribution < -0.4 is 21.5 Å². The molecule has 4 rings (SSSR count). The van der Waals surface area contributed by atoms with Crippen molar-refractivity contribution in [1.29, 1.82) is 0 Å². The molecule has 3 N–H and O–H groups in total. The van der Waals surface area contributed by atoms with Crippen molar-refractivity contribution in [3.63, 3.8) is 0 Å². The molecular formula is C24H31N5O4. The number of hydrogen-bond donors (Lipinski definition) is 3. The molecule has 1 unspecified atom stereocenters. The van der Waals surface area contributed by atoms with Crippen molar-refractivity contribution < 1.29 is 14.4 Å². The molecule has 9 nitrogen and oxygen atoms in total. The van der Waals surface area contributed by atoms with Gasteiger partial charge in [0.05, 0.1) is 11.1 Å². The van der Waals surface area contributed by atoms with Gasteiger partial charge in [-0.1, -0.05) is 18.9 Å². The van der Waals surface area contributed by atoms with Crippen molar-refractivity contribution in [3.05, 3.63) is 34.4 Å². The molecule has 33 heavy (non-hydrogen) atoms. The number of anilines is 1. The van der Waals surface area contributed by atoms with Gasteiger partial charge >= 0.3 is 0 Å². The molecule has 2 aromatic rings. The van der Waals surface area contributed by atoms with E-state index in [1.54, 1.807) is 25.1 Å². The fourth-order valence-electron chi connectivity index (χ4n) is 4.83. The van der Waals surface area contributed by atoms with E-state index in [1.807, 2.05) is 0 Å². The van der Waals surface area contributed by atoms with E-state index in [-0.39, 0.29) is 30.2 Å². The molecule has 2 aliphatic heterocycles. The molecule has 0 radical (unpaired) electrons. The van der Waals surface area contributed by atoms with Gasteiger partial charge in [0, 0.05) is 12.8 Å². The van der Waals surface area contributed by atoms with E-state index in [1.165, 1.54) is 17.4 Å². The van der Waals surface area contributed by atoms with Crippen molar-refractivity contribution in [2.45, 2.75) is 64.3 Å². The van der Waals surface area contributed by atoms with E-state index in [0.29, 0.717) is 28.8 Å². The first kappa shape index (κ1) is 23.1. The van der Waals surface area contributed by atoms with Crippen LogP contribution in [0.1, 0.15) is 63.2 Å². The molecule has 1 aromatic heterocycles. The number of aromatic nitrogens is 2. The largest absolute Gasteiger partial charge is 0.324 e. The lowest BCUT2D eigenvalue weighted by Crippen LogP contribution is -2.45. The van der Waals surface area contributed by atoms with Gasteiger partial charge in [0.25, 0.3) is 5.56 Å². The highest BCUT2D eigenvalue weighted by Crippen LogP contribution is 2.24. The summed E-state index contributed by atoms with van der Waals surface area (Å²) in [5.74, 6) is 0.196. The standard InChI is InChI=1S/C24H31N5O4/c1-15-26-22-17(24(33)29(15)19-9-10-21(31)28-23(19)32)6-4-7-18(22)27-20(30)8-3-2-5-16-11-13-25-14-12-16/h4,6-7,16,19,25H,2-3,5,8-14H2,1H3,(H,27,30)(H,28,31,32). The Bertz CT molecular complexity index is 1120. The highest BCUT2D eigenvalue weighted by atomic mass is 16.2. The van der Waals surface area contributed by atoms with E-state index >= 15 is 0 Å². The van der Waals surface area contributed by atoms with Gasteiger partial charge < -0.3 is 10.6 Å². The highest BCUT2D eigenvalue weighted by Gasteiger charge is 2.30. The zero-order chi connectivity index (χ0) is 23.4. The number of fused-ring (bicyclic) bond motifs is 1. The Balaban J connectivity index is 1.45. The Morgan fingerprint density at radius 2 is 1.94 bits per heavy atom. The fourth-order valence-corrected chi connectivity index (χ4v) is 4.83. The van der Waals surface area contributed by atoms with E-state index in [9.17, 15) is 19.2 Å². The number of unbranched alkanes of at least 4 members (excludes halogenated alkanes) is 1. The molecule has 0 saturated carbocycles. The van der Waals surface area contributed by atoms with Crippen LogP contribution in [0.25, 0.3) is 10.9 Å². The smallest absolute Gasteiger partial charge is 0.262 e. The number of amides is 3. The minimum atomic E-state index is -0.773. The first-order valence-corrected chi connectivity index (χ1v) is 11.8. The summed E-state index contributed by atoms with van der Waals surface area (Å²) in [7, 11) is 0. The number of carbonyl (C=O) groups is 3. The summed E-state index contributed by atoms with van der Waals surface area (Å²) in [6.07, 6.45) is 6.29. The van der Waals surface area contributed by atoms with Crippen LogP contribution in [0, 0.1) is 12.8 Å². The second-order valence-corrected chi connectivity index (χ2v) is 8.99. The van der Waals surface area contributed by atoms with E-state index in [0.717, 1.165) is 38.3 Å². The van der Waals surface area contributed by atoms with Crippen LogP contribution in [0.3, 0.4) is 0 Å². The Morgan fingerprint density at radius 3 is 2.70 bits per heavy atom. The van der Waals surface area contributed by atoms with Crippen molar-refractivity contribution in [2.24, 2.45) is 5.92 Å². The summed E-state index contributed by atoms with van der Waals surface area (Å²) in [6.45, 7) is 3.83. The minimum Gasteiger partial charge on any atom is -0.324 e. The van der Waals surface area contributed by atoms with Crippen LogP contribution in [0.5, 0.6) is 0 Å². The molecule has 0 aliphatic carbocycles. The predicted molar refractivity (Wildman–Crippen MR) is 125 cm³/mol. The zero-order valence-corrected chi connectivity index (χ0v) is 19.0. The second-order valence-electron chi connectivity index (χ2n) is 8.99. The van der Waals surface area contributed by atoms with E-state index in [2.05, 4.69) is 20.9 Å². The van der Waals surface area contributed by atoms with Crippen molar-refractivity contribution in [2.75, 3.05) is 18.4 Å². The minimum absolute atomic E-state index is 0.0957. The maximum absolute atomic E-state index is 13.2. The molecule has 1 atom stereocenters. The summed E-state index contributed by atoms with van der Waals surface area (Å²) in [6, 6.07) is 4.30. The second kappa shape index (κ2) is 10.2. The number of nitrogens with one attached hydrogen (secondary N) is 3. The van der Waals surface area contributed by atoms with Gasteiger partial charge in [0.15, 0.2) is 0 Å². The molecule has 0 bridgehead atoms. The average molecular weight is 454 g/mol. The SMILES string of the molecule is Cc1nc2c(NC(=O)CCCCC3CCNCC3)cccc2c(=O)n1C1CCC(=O)NC1=O. The lowest BCUT2D eigenvalue weighted by atomic mass is 9.92. The average Bonchev–Trinajstić information content (AvgIpc) is 2.79. The number of imide groups is 1. The molecule has 3 amide bonds. The van der Waals surface area contributed by atoms with Crippen LogP contribution in [0.2, 0.25) is 0 Å². The number of hydrogen-bond acceptors (Lipinski definition) is 6. The van der Waals surface area contributed by atoms with Gasteiger partial charge in [-0.15, -0.1) is 0 Å². The van der Waals surface area contributed by atoms with E-state index < -0.39 is 11.9 Å². The maximum atomic E-state index is 13.2. The Labute approximate surface area is 192 Å². The Morgan fingerprint density at radius 1 is 1.15 bits per heavy atom. The van der Waals surface area contributed by atoms with Gasteiger partial charge in [-0.3, -0.25) is 29.1 Å². The molecule has 2 fully saturated rings. The molecule has 3 heterocycles. The van der Waals surface area contributed by atoms with Crippen molar-refractivity contribution >= 4 is 34.3 Å². The van der Waals surface area contributed by atoms with E-state index in [4.69, 9.17) is 0 Å². The Kier molecular flexibility index (Phi) is 7.17. The number of carbonyl (C=O) groups excluding carboxylic acids is 3. The van der Waals surface area contributed by atoms with Crippen LogP contribution in [-0.2, 0) is 14.4 Å². The fraction of sp³-hybridized carbons (Fsp3) is 0.542. The molecular weight excluding hydrogens is 422 g/mol. The van der Waals surface area contributed by atoms with Crippen molar-refractivity contribution in [1.82, 2.24) is 20.2 Å². The lowest BCUT2D eigenvalue weighted by Gasteiger charge is -2.24. The topological polar surface area (TPSA) is 122 Å². The highest BCUT2D eigenvalue weighted by molar-refractivity contribution is 6.01. The van der Waals surface area contributed by atoms with Gasteiger partial charge in [-0.25, -0.2) is 4.98 Å². The van der Waals surface area contributed by atoms with Gasteiger partial charge in [0.2, 0.25) is 17.7 Å². The maximum Gasteiger partial charge on any atom is 0.262 e. The monoisotopic (exact) mass is 453 g/mol. The van der Waals surface area contributed by atoms with Crippen LogP contribution in [0.15, 0.2) is 23.0 Å². The number of piperidine rings is 2. The quantitative estimate of drug-likeness (QED) is 0.436. The predicted octanol–water partition coefficient (Wildman–Crippen LogP) is 2.18. The zero-order valence-electron chi connectivity index (χ0n) is 19.0. The normalized spacial score (nSPS) is 19.5. The summed E-state index contributed by atoms with van der Waals surface area (Å²) < 4.78 is 1.34. The van der Waals surface area contributed by atoms with Crippen LogP contribution in [-0.4, -0.2) is 40.4 Å². The molecule has 0 spiro atoms. The van der Waals surface area contributed by atoms with Crippen LogP contribution >= 0.6 is 0 Å². The number of benzene rings is 1. The van der Waals surface area contributed by atoms with Crippen LogP contribution in [0.4, 0.5) is 5.69 Å². The summed E-state index contributed by atoms with van der Waals surface area (Å²) in [5, 5.41) is 8.90. The number of para-hydroxylation sites is 1. The van der Waals surface area contributed by atoms with Gasteiger partial charge in [-0.2, -0.15) is 0 Å². The van der Waals surface area contributed by atoms with Gasteiger partial charge in [-0.05, 0) is 63.7 Å². The summed E-state index contributed by atoms with van der Waals surface area (Å²) in [4.78, 5) is 54.1. The molecule has 176 valence electrons. The van der Waals surface area contributed by atoms with Crippen molar-refractivity contribution in [3.8, 4) is 0 Å². The lowest BCUT2D eigenvalue weighted by molar-refractivity contribution is -0.135. The first-order chi connectivity index (χ1) is 15.9. The summed E-state index contributed by atoms with van der Waals surface area (Å²) >= 11 is 0. The number of aryl methyl sites for hydroxylation is 1. The Hall–Kier alpha value is -3.07. The molecule has 2 aliphatic rings.